The second-order valence-corrected chi connectivity index (χ2v) is 7.74. The molecule has 1 N–H and O–H groups in total. The van der Waals surface area contributed by atoms with Gasteiger partial charge in [-0.15, -0.1) is 0 Å². The molecule has 3 heterocycles. The molecule has 5 rings (SSSR count). The van der Waals surface area contributed by atoms with Crippen LogP contribution in [0.5, 0.6) is 0 Å². The predicted molar refractivity (Wildman–Crippen MR) is 112 cm³/mol. The van der Waals surface area contributed by atoms with E-state index in [2.05, 4.69) is 37.4 Å². The minimum Gasteiger partial charge on any atom is -0.379 e. The largest absolute Gasteiger partial charge is 0.379 e. The number of nitrogens with one attached hydrogen (secondary N) is 1. The van der Waals surface area contributed by atoms with Crippen LogP contribution in [0.2, 0.25) is 0 Å². The van der Waals surface area contributed by atoms with Crippen LogP contribution in [-0.4, -0.2) is 60.5 Å². The van der Waals surface area contributed by atoms with Crippen molar-refractivity contribution in [3.05, 3.63) is 59.8 Å². The lowest BCUT2D eigenvalue weighted by Crippen LogP contribution is -2.58. The molecule has 6 nitrogen and oxygen atoms in total. The van der Waals surface area contributed by atoms with Crippen molar-refractivity contribution in [1.82, 2.24) is 15.1 Å². The number of rotatable bonds is 4. The van der Waals surface area contributed by atoms with Gasteiger partial charge >= 0.3 is 0 Å². The predicted octanol–water partition coefficient (Wildman–Crippen LogP) is 3.04. The molecule has 30 heavy (non-hydrogen) atoms. The van der Waals surface area contributed by atoms with E-state index in [4.69, 9.17) is 4.74 Å². The van der Waals surface area contributed by atoms with E-state index in [0.717, 1.165) is 67.7 Å². The van der Waals surface area contributed by atoms with Crippen molar-refractivity contribution in [2.24, 2.45) is 0 Å². The first kappa shape index (κ1) is 19.1. The summed E-state index contributed by atoms with van der Waals surface area (Å²) in [6, 6.07) is 10.7. The Balaban J connectivity index is 1.39. The summed E-state index contributed by atoms with van der Waals surface area (Å²) in [6.45, 7) is 5.63. The quantitative estimate of drug-likeness (QED) is 0.712. The Morgan fingerprint density at radius 2 is 2.07 bits per heavy atom. The number of piperazine rings is 1. The van der Waals surface area contributed by atoms with Crippen LogP contribution in [0.3, 0.4) is 0 Å². The molecular weight excluding hydrogens is 388 g/mol. The second kappa shape index (κ2) is 8.12. The molecule has 0 spiro atoms. The van der Waals surface area contributed by atoms with Gasteiger partial charge in [0.25, 0.3) is 0 Å². The number of fused-ring (bicyclic) bond motifs is 2. The molecule has 2 aromatic carbocycles. The van der Waals surface area contributed by atoms with Crippen molar-refractivity contribution in [3.63, 3.8) is 0 Å². The summed E-state index contributed by atoms with van der Waals surface area (Å²) in [7, 11) is 0. The lowest BCUT2D eigenvalue weighted by molar-refractivity contribution is -0.0116. The van der Waals surface area contributed by atoms with Crippen molar-refractivity contribution in [3.8, 4) is 0 Å². The lowest BCUT2D eigenvalue weighted by Gasteiger charge is -2.44. The maximum Gasteiger partial charge on any atom is 0.163 e. The molecule has 0 aliphatic carbocycles. The van der Waals surface area contributed by atoms with Crippen LogP contribution in [0.1, 0.15) is 5.56 Å². The van der Waals surface area contributed by atoms with Gasteiger partial charge in [0.05, 0.1) is 36.7 Å². The summed E-state index contributed by atoms with van der Waals surface area (Å²) < 4.78 is 33.1. The van der Waals surface area contributed by atoms with Gasteiger partial charge in [0.1, 0.15) is 0 Å². The third kappa shape index (κ3) is 3.68. The van der Waals surface area contributed by atoms with Crippen molar-refractivity contribution < 1.29 is 13.5 Å². The zero-order valence-corrected chi connectivity index (χ0v) is 16.5. The Kier molecular flexibility index (Phi) is 5.18. The summed E-state index contributed by atoms with van der Waals surface area (Å²) in [5.74, 6) is -1.68. The van der Waals surface area contributed by atoms with E-state index in [0.29, 0.717) is 6.04 Å². The number of aromatic nitrogens is 2. The van der Waals surface area contributed by atoms with Crippen LogP contribution in [0.4, 0.5) is 20.2 Å². The summed E-state index contributed by atoms with van der Waals surface area (Å²) in [4.78, 5) is 4.86. The maximum absolute atomic E-state index is 14.0. The monoisotopic (exact) mass is 411 g/mol. The third-order valence-electron chi connectivity index (χ3n) is 5.93. The molecule has 3 aromatic rings. The fourth-order valence-corrected chi connectivity index (χ4v) is 4.24. The number of nitrogens with zero attached hydrogens (tertiary/aromatic N) is 4. The smallest absolute Gasteiger partial charge is 0.163 e. The van der Waals surface area contributed by atoms with Crippen LogP contribution >= 0.6 is 0 Å². The second-order valence-electron chi connectivity index (χ2n) is 7.74. The molecule has 1 unspecified atom stereocenters. The molecule has 0 saturated carbocycles. The maximum atomic E-state index is 14.0. The molecule has 2 aliphatic heterocycles. The van der Waals surface area contributed by atoms with Gasteiger partial charge in [0.2, 0.25) is 0 Å². The SMILES string of the molecule is Fc1cccc(CNc2cnnc3ccc(N4CCN5CCOCC5C4)cc23)c1F. The first-order valence-electron chi connectivity index (χ1n) is 10.2. The van der Waals surface area contributed by atoms with E-state index in [-0.39, 0.29) is 12.1 Å². The van der Waals surface area contributed by atoms with Crippen LogP contribution in [-0.2, 0) is 11.3 Å². The topological polar surface area (TPSA) is 53.5 Å². The van der Waals surface area contributed by atoms with E-state index in [1.54, 1.807) is 12.3 Å². The molecule has 2 aliphatic rings. The first-order chi connectivity index (χ1) is 14.7. The van der Waals surface area contributed by atoms with Crippen LogP contribution in [0.15, 0.2) is 42.6 Å². The van der Waals surface area contributed by atoms with E-state index < -0.39 is 11.6 Å². The van der Waals surface area contributed by atoms with Gasteiger partial charge in [-0.3, -0.25) is 4.90 Å². The Morgan fingerprint density at radius 1 is 1.13 bits per heavy atom. The van der Waals surface area contributed by atoms with Crippen LogP contribution < -0.4 is 10.2 Å². The molecule has 0 bridgehead atoms. The standard InChI is InChI=1S/C22H23F2N5O/c23-19-3-1-2-15(22(19)24)11-25-21-12-26-27-20-5-4-16(10-18(20)21)29-7-6-28-8-9-30-14-17(28)13-29/h1-5,10,12,17H,6-9,11,13-14H2,(H,25,27). The number of ether oxygens (including phenoxy) is 1. The normalized spacial score (nSPS) is 19.7. The van der Waals surface area contributed by atoms with Crippen molar-refractivity contribution >= 4 is 22.3 Å². The van der Waals surface area contributed by atoms with Crippen LogP contribution in [0, 0.1) is 11.6 Å². The van der Waals surface area contributed by atoms with Gasteiger partial charge in [-0.05, 0) is 24.3 Å². The highest BCUT2D eigenvalue weighted by Crippen LogP contribution is 2.28. The van der Waals surface area contributed by atoms with Gasteiger partial charge in [-0.25, -0.2) is 8.78 Å². The molecule has 1 atom stereocenters. The number of hydrogen-bond acceptors (Lipinski definition) is 6. The van der Waals surface area contributed by atoms with E-state index in [1.165, 1.54) is 6.07 Å². The van der Waals surface area contributed by atoms with E-state index in [1.807, 2.05) is 6.07 Å². The molecule has 8 heteroatoms. The Labute approximate surface area is 173 Å². The lowest BCUT2D eigenvalue weighted by atomic mass is 10.1. The Hall–Kier alpha value is -2.84. The highest BCUT2D eigenvalue weighted by Gasteiger charge is 2.29. The molecule has 2 fully saturated rings. The van der Waals surface area contributed by atoms with Crippen molar-refractivity contribution in [2.75, 3.05) is 49.6 Å². The zero-order valence-electron chi connectivity index (χ0n) is 16.5. The van der Waals surface area contributed by atoms with Gasteiger partial charge in [-0.1, -0.05) is 12.1 Å². The minimum absolute atomic E-state index is 0.159. The number of hydrogen-bond donors (Lipinski definition) is 1. The molecule has 0 radical (unpaired) electrons. The molecule has 156 valence electrons. The third-order valence-corrected chi connectivity index (χ3v) is 5.93. The number of halogens is 2. The number of anilines is 2. The Bertz CT molecular complexity index is 1060. The fraction of sp³-hybridized carbons (Fsp3) is 0.364. The number of benzene rings is 2. The van der Waals surface area contributed by atoms with Crippen molar-refractivity contribution in [2.45, 2.75) is 12.6 Å². The van der Waals surface area contributed by atoms with Gasteiger partial charge < -0.3 is 15.0 Å². The van der Waals surface area contributed by atoms with E-state index >= 15 is 0 Å². The van der Waals surface area contributed by atoms with Crippen LogP contribution in [0.25, 0.3) is 10.9 Å². The van der Waals surface area contributed by atoms with Crippen molar-refractivity contribution in [1.29, 1.82) is 0 Å². The van der Waals surface area contributed by atoms with E-state index in [9.17, 15) is 8.78 Å². The Morgan fingerprint density at radius 3 is 3.00 bits per heavy atom. The molecular formula is C22H23F2N5O. The average molecular weight is 411 g/mol. The average Bonchev–Trinajstić information content (AvgIpc) is 2.79. The fourth-order valence-electron chi connectivity index (χ4n) is 4.24. The molecule has 0 amide bonds. The van der Waals surface area contributed by atoms with Gasteiger partial charge in [-0.2, -0.15) is 10.2 Å². The summed E-state index contributed by atoms with van der Waals surface area (Å²) in [6.07, 6.45) is 1.62. The first-order valence-corrected chi connectivity index (χ1v) is 10.2. The zero-order chi connectivity index (χ0) is 20.5. The van der Waals surface area contributed by atoms with Gasteiger partial charge in [0.15, 0.2) is 11.6 Å². The minimum atomic E-state index is -0.847. The highest BCUT2D eigenvalue weighted by molar-refractivity contribution is 5.92. The summed E-state index contributed by atoms with van der Waals surface area (Å²) in [5.41, 5.74) is 2.87. The summed E-state index contributed by atoms with van der Waals surface area (Å²) in [5, 5.41) is 12.3. The number of morpholine rings is 1. The van der Waals surface area contributed by atoms with Gasteiger partial charge in [0, 0.05) is 49.4 Å². The highest BCUT2D eigenvalue weighted by atomic mass is 19.2. The summed E-state index contributed by atoms with van der Waals surface area (Å²) >= 11 is 0. The molecule has 2 saturated heterocycles. The molecule has 1 aromatic heterocycles.